The third kappa shape index (κ3) is 4.17. The number of carbonyl (C=O) groups is 3. The Labute approximate surface area is 161 Å². The lowest BCUT2D eigenvalue weighted by Gasteiger charge is -2.37. The molecule has 142 valence electrons. The molecule has 0 radical (unpaired) electrons. The van der Waals surface area contributed by atoms with E-state index in [0.29, 0.717) is 23.7 Å². The number of benzene rings is 1. The highest BCUT2D eigenvalue weighted by Crippen LogP contribution is 2.39. The zero-order valence-corrected chi connectivity index (χ0v) is 16.0. The van der Waals surface area contributed by atoms with Gasteiger partial charge in [0.15, 0.2) is 0 Å². The summed E-state index contributed by atoms with van der Waals surface area (Å²) in [5.41, 5.74) is 7.50. The van der Waals surface area contributed by atoms with Crippen molar-refractivity contribution in [1.82, 2.24) is 4.90 Å². The molecule has 0 unspecified atom stereocenters. The van der Waals surface area contributed by atoms with Crippen LogP contribution in [0.4, 0.5) is 5.00 Å². The summed E-state index contributed by atoms with van der Waals surface area (Å²) in [6.45, 7) is 4.22. The maximum atomic E-state index is 12.2. The Balaban J connectivity index is 1.69. The molecule has 0 aliphatic carbocycles. The number of hydrogen-bond donors (Lipinski definition) is 2. The van der Waals surface area contributed by atoms with Gasteiger partial charge in [-0.15, -0.1) is 11.3 Å². The van der Waals surface area contributed by atoms with E-state index in [1.165, 1.54) is 18.3 Å². The van der Waals surface area contributed by atoms with Crippen LogP contribution in [-0.4, -0.2) is 48.4 Å². The molecule has 27 heavy (non-hydrogen) atoms. The maximum Gasteiger partial charge on any atom is 0.252 e. The summed E-state index contributed by atoms with van der Waals surface area (Å²) >= 11 is 1.31. The van der Waals surface area contributed by atoms with E-state index in [4.69, 9.17) is 10.5 Å². The molecule has 1 saturated heterocycles. The number of nitrogens with zero attached hydrogens (tertiary/aromatic N) is 1. The Morgan fingerprint density at radius 2 is 1.93 bits per heavy atom. The zero-order valence-electron chi connectivity index (χ0n) is 15.2. The average molecular weight is 387 g/mol. The molecular formula is C19H21N3O4S. The van der Waals surface area contributed by atoms with E-state index in [0.717, 1.165) is 16.0 Å². The summed E-state index contributed by atoms with van der Waals surface area (Å²) in [5, 5.41) is 3.16. The van der Waals surface area contributed by atoms with Gasteiger partial charge in [0.25, 0.3) is 11.8 Å². The Kier molecular flexibility index (Phi) is 5.57. The summed E-state index contributed by atoms with van der Waals surface area (Å²) in [6, 6.07) is 9.45. The predicted octanol–water partition coefficient (Wildman–Crippen LogP) is 2.01. The average Bonchev–Trinajstić information content (AvgIpc) is 2.89. The number of likely N-dealkylation sites (tertiary alicyclic amines) is 1. The lowest BCUT2D eigenvalue weighted by Crippen LogP contribution is -2.54. The van der Waals surface area contributed by atoms with Gasteiger partial charge in [-0.1, -0.05) is 30.3 Å². The Morgan fingerprint density at radius 3 is 2.52 bits per heavy atom. The quantitative estimate of drug-likeness (QED) is 0.791. The lowest BCUT2D eigenvalue weighted by molar-refractivity contribution is -0.144. The second-order valence-corrected chi connectivity index (χ2v) is 7.60. The number of aryl methyl sites for hydroxylation is 1. The van der Waals surface area contributed by atoms with Crippen LogP contribution in [0.2, 0.25) is 0 Å². The van der Waals surface area contributed by atoms with Crippen LogP contribution in [0.3, 0.4) is 0 Å². The molecule has 3 amide bonds. The summed E-state index contributed by atoms with van der Waals surface area (Å²) < 4.78 is 5.50. The van der Waals surface area contributed by atoms with E-state index < -0.39 is 5.91 Å². The van der Waals surface area contributed by atoms with Crippen molar-refractivity contribution < 1.29 is 19.1 Å². The van der Waals surface area contributed by atoms with Crippen LogP contribution in [-0.2, 0) is 14.3 Å². The van der Waals surface area contributed by atoms with Crippen molar-refractivity contribution >= 4 is 34.1 Å². The summed E-state index contributed by atoms with van der Waals surface area (Å²) in [7, 11) is 0. The molecule has 1 aromatic carbocycles. The van der Waals surface area contributed by atoms with Gasteiger partial charge in [0, 0.05) is 30.5 Å². The smallest absolute Gasteiger partial charge is 0.252 e. The zero-order chi connectivity index (χ0) is 19.6. The normalized spacial score (nSPS) is 13.9. The topological polar surface area (TPSA) is 102 Å². The van der Waals surface area contributed by atoms with Crippen molar-refractivity contribution in [2.75, 3.05) is 25.0 Å². The summed E-state index contributed by atoms with van der Waals surface area (Å²) in [5.74, 6) is -0.960. The Morgan fingerprint density at radius 1 is 1.26 bits per heavy atom. The van der Waals surface area contributed by atoms with Gasteiger partial charge in [-0.2, -0.15) is 0 Å². The number of amides is 3. The third-order valence-corrected chi connectivity index (χ3v) is 5.41. The standard InChI is InChI=1S/C19H21N3O4S/c1-11-16(13-6-4-3-5-7-13)17(18(20)25)19(27-11)21-15(24)10-26-14-8-22(9-14)12(2)23/h3-7,14H,8-10H2,1-2H3,(H2,20,25)(H,21,24). The highest BCUT2D eigenvalue weighted by molar-refractivity contribution is 7.17. The van der Waals surface area contributed by atoms with Crippen molar-refractivity contribution in [3.05, 3.63) is 40.8 Å². The number of nitrogens with two attached hydrogens (primary N) is 1. The van der Waals surface area contributed by atoms with E-state index in [-0.39, 0.29) is 24.5 Å². The number of rotatable bonds is 6. The molecule has 1 aromatic heterocycles. The Bertz CT molecular complexity index is 873. The monoisotopic (exact) mass is 387 g/mol. The fourth-order valence-corrected chi connectivity index (χ4v) is 4.07. The molecule has 2 heterocycles. The number of carbonyl (C=O) groups excluding carboxylic acids is 3. The van der Waals surface area contributed by atoms with Crippen molar-refractivity contribution in [3.8, 4) is 11.1 Å². The molecule has 2 aromatic rings. The molecule has 0 spiro atoms. The second kappa shape index (κ2) is 7.89. The van der Waals surface area contributed by atoms with E-state index in [9.17, 15) is 14.4 Å². The molecule has 1 aliphatic rings. The fourth-order valence-electron chi connectivity index (χ4n) is 2.98. The van der Waals surface area contributed by atoms with Crippen LogP contribution in [0, 0.1) is 6.92 Å². The van der Waals surface area contributed by atoms with E-state index in [1.807, 2.05) is 37.3 Å². The molecule has 3 rings (SSSR count). The van der Waals surface area contributed by atoms with Crippen molar-refractivity contribution in [1.29, 1.82) is 0 Å². The molecule has 1 aliphatic heterocycles. The Hall–Kier alpha value is -2.71. The van der Waals surface area contributed by atoms with Gasteiger partial charge < -0.3 is 20.7 Å². The first-order chi connectivity index (χ1) is 12.9. The predicted molar refractivity (Wildman–Crippen MR) is 104 cm³/mol. The van der Waals surface area contributed by atoms with Crippen LogP contribution < -0.4 is 11.1 Å². The number of primary amides is 1. The summed E-state index contributed by atoms with van der Waals surface area (Å²) in [4.78, 5) is 38.0. The van der Waals surface area contributed by atoms with Crippen molar-refractivity contribution in [2.45, 2.75) is 20.0 Å². The number of ether oxygens (including phenoxy) is 1. The van der Waals surface area contributed by atoms with Crippen LogP contribution >= 0.6 is 11.3 Å². The van der Waals surface area contributed by atoms with Crippen LogP contribution in [0.5, 0.6) is 0 Å². The molecule has 7 nitrogen and oxygen atoms in total. The maximum absolute atomic E-state index is 12.2. The van der Waals surface area contributed by atoms with Crippen molar-refractivity contribution in [2.24, 2.45) is 5.73 Å². The molecule has 1 fully saturated rings. The molecule has 8 heteroatoms. The lowest BCUT2D eigenvalue weighted by atomic mass is 10.0. The third-order valence-electron chi connectivity index (χ3n) is 4.39. The molecule has 3 N–H and O–H groups in total. The molecular weight excluding hydrogens is 366 g/mol. The molecule has 0 bridgehead atoms. The van der Waals surface area contributed by atoms with Gasteiger partial charge in [0.05, 0.1) is 11.7 Å². The minimum absolute atomic E-state index is 0.00657. The number of anilines is 1. The fraction of sp³-hybridized carbons (Fsp3) is 0.316. The number of thiophene rings is 1. The number of nitrogens with one attached hydrogen (secondary N) is 1. The van der Waals surface area contributed by atoms with E-state index in [2.05, 4.69) is 5.32 Å². The first-order valence-electron chi connectivity index (χ1n) is 8.52. The van der Waals surface area contributed by atoms with Gasteiger partial charge in [-0.05, 0) is 12.5 Å². The summed E-state index contributed by atoms with van der Waals surface area (Å²) in [6.07, 6.45) is -0.139. The van der Waals surface area contributed by atoms with Crippen LogP contribution in [0.15, 0.2) is 30.3 Å². The van der Waals surface area contributed by atoms with Gasteiger partial charge in [0.1, 0.15) is 11.6 Å². The first-order valence-corrected chi connectivity index (χ1v) is 9.34. The molecule has 0 atom stereocenters. The van der Waals surface area contributed by atoms with E-state index in [1.54, 1.807) is 4.90 Å². The molecule has 0 saturated carbocycles. The van der Waals surface area contributed by atoms with Gasteiger partial charge in [-0.3, -0.25) is 14.4 Å². The van der Waals surface area contributed by atoms with Gasteiger partial charge in [-0.25, -0.2) is 0 Å². The minimum Gasteiger partial charge on any atom is -0.365 e. The highest BCUT2D eigenvalue weighted by atomic mass is 32.1. The van der Waals surface area contributed by atoms with Gasteiger partial charge >= 0.3 is 0 Å². The second-order valence-electron chi connectivity index (χ2n) is 6.37. The van der Waals surface area contributed by atoms with E-state index >= 15 is 0 Å². The van der Waals surface area contributed by atoms with Crippen LogP contribution in [0.1, 0.15) is 22.2 Å². The highest BCUT2D eigenvalue weighted by Gasteiger charge is 2.30. The van der Waals surface area contributed by atoms with Gasteiger partial charge in [0.2, 0.25) is 5.91 Å². The number of hydrogen-bond acceptors (Lipinski definition) is 5. The van der Waals surface area contributed by atoms with Crippen molar-refractivity contribution in [3.63, 3.8) is 0 Å². The van der Waals surface area contributed by atoms with Crippen LogP contribution in [0.25, 0.3) is 11.1 Å². The minimum atomic E-state index is -0.592. The first kappa shape index (κ1) is 19.1. The SMILES string of the molecule is CC(=O)N1CC(OCC(=O)Nc2sc(C)c(-c3ccccc3)c2C(N)=O)C1. The largest absolute Gasteiger partial charge is 0.365 e.